The molecule has 0 aromatic heterocycles. The van der Waals surface area contributed by atoms with Crippen molar-refractivity contribution in [3.05, 3.63) is 29.8 Å². The zero-order chi connectivity index (χ0) is 11.8. The second kappa shape index (κ2) is 6.74. The number of carbonyl (C=O) groups is 2. The predicted octanol–water partition coefficient (Wildman–Crippen LogP) is 1.57. The number of rotatable bonds is 6. The number of unbranched alkanes of at least 4 members (excludes halogenated alkanes) is 1. The summed E-state index contributed by atoms with van der Waals surface area (Å²) in [6.45, 7) is 0.0677. The monoisotopic (exact) mass is 222 g/mol. The zero-order valence-corrected chi connectivity index (χ0v) is 8.89. The standard InChI is InChI=1S/C12H14O4/c13-8-4-3-7-12(15)16-11-6-2-1-5-10(11)9-14/h1-2,5-6,9,13H,3-4,7-8H2. The summed E-state index contributed by atoms with van der Waals surface area (Å²) in [6.07, 6.45) is 2.05. The Morgan fingerprint density at radius 2 is 2.06 bits per heavy atom. The van der Waals surface area contributed by atoms with Gasteiger partial charge in [0.15, 0.2) is 6.29 Å². The molecule has 0 fully saturated rings. The summed E-state index contributed by atoms with van der Waals surface area (Å²) in [5, 5.41) is 8.55. The lowest BCUT2D eigenvalue weighted by molar-refractivity contribution is -0.134. The predicted molar refractivity (Wildman–Crippen MR) is 58.4 cm³/mol. The summed E-state index contributed by atoms with van der Waals surface area (Å²) in [5.41, 5.74) is 0.359. The van der Waals surface area contributed by atoms with E-state index in [1.807, 2.05) is 0 Å². The van der Waals surface area contributed by atoms with Gasteiger partial charge in [0.25, 0.3) is 0 Å². The van der Waals surface area contributed by atoms with Crippen LogP contribution >= 0.6 is 0 Å². The molecule has 0 atom stereocenters. The van der Waals surface area contributed by atoms with Crippen LogP contribution in [0.5, 0.6) is 5.75 Å². The third-order valence-electron chi connectivity index (χ3n) is 2.06. The van der Waals surface area contributed by atoms with Gasteiger partial charge in [-0.25, -0.2) is 0 Å². The normalized spacial score (nSPS) is 9.81. The molecule has 0 bridgehead atoms. The van der Waals surface area contributed by atoms with E-state index in [0.29, 0.717) is 24.7 Å². The van der Waals surface area contributed by atoms with Gasteiger partial charge in [0.2, 0.25) is 0 Å². The average Bonchev–Trinajstić information content (AvgIpc) is 2.30. The molecule has 0 saturated carbocycles. The van der Waals surface area contributed by atoms with E-state index >= 15 is 0 Å². The number of esters is 1. The van der Waals surface area contributed by atoms with Gasteiger partial charge in [-0.3, -0.25) is 9.59 Å². The first kappa shape index (κ1) is 12.4. The lowest BCUT2D eigenvalue weighted by Crippen LogP contribution is -2.09. The Kier molecular flexibility index (Phi) is 5.22. The molecule has 86 valence electrons. The van der Waals surface area contributed by atoms with E-state index in [0.717, 1.165) is 0 Å². The van der Waals surface area contributed by atoms with Gasteiger partial charge in [0, 0.05) is 13.0 Å². The number of aliphatic hydroxyl groups excluding tert-OH is 1. The van der Waals surface area contributed by atoms with Crippen LogP contribution in [0.1, 0.15) is 29.6 Å². The van der Waals surface area contributed by atoms with Gasteiger partial charge in [-0.15, -0.1) is 0 Å². The van der Waals surface area contributed by atoms with Gasteiger partial charge >= 0.3 is 5.97 Å². The third-order valence-corrected chi connectivity index (χ3v) is 2.06. The van der Waals surface area contributed by atoms with Crippen LogP contribution in [-0.4, -0.2) is 24.0 Å². The summed E-state index contributed by atoms with van der Waals surface area (Å²) < 4.78 is 5.03. The number of benzene rings is 1. The van der Waals surface area contributed by atoms with Crippen molar-refractivity contribution in [1.82, 2.24) is 0 Å². The molecule has 0 unspecified atom stereocenters. The molecule has 16 heavy (non-hydrogen) atoms. The highest BCUT2D eigenvalue weighted by molar-refractivity contribution is 5.82. The quantitative estimate of drug-likeness (QED) is 0.343. The Hall–Kier alpha value is -1.68. The molecule has 0 heterocycles. The number of para-hydroxylation sites is 1. The highest BCUT2D eigenvalue weighted by atomic mass is 16.5. The average molecular weight is 222 g/mol. The Balaban J connectivity index is 2.52. The van der Waals surface area contributed by atoms with Crippen LogP contribution < -0.4 is 4.74 Å². The third kappa shape index (κ3) is 3.82. The van der Waals surface area contributed by atoms with Gasteiger partial charge in [-0.05, 0) is 25.0 Å². The van der Waals surface area contributed by atoms with Crippen LogP contribution in [0.25, 0.3) is 0 Å². The molecular formula is C12H14O4. The SMILES string of the molecule is O=Cc1ccccc1OC(=O)CCCCO. The zero-order valence-electron chi connectivity index (χ0n) is 8.89. The van der Waals surface area contributed by atoms with Crippen LogP contribution in [0.3, 0.4) is 0 Å². The van der Waals surface area contributed by atoms with E-state index < -0.39 is 0 Å². The Labute approximate surface area is 93.9 Å². The lowest BCUT2D eigenvalue weighted by atomic mass is 10.2. The van der Waals surface area contributed by atoms with Gasteiger partial charge in [0.1, 0.15) is 5.75 Å². The highest BCUT2D eigenvalue weighted by Gasteiger charge is 2.07. The molecule has 0 radical (unpaired) electrons. The smallest absolute Gasteiger partial charge is 0.311 e. The summed E-state index contributed by atoms with van der Waals surface area (Å²) >= 11 is 0. The number of ether oxygens (including phenoxy) is 1. The minimum absolute atomic E-state index is 0.0677. The molecule has 1 rings (SSSR count). The van der Waals surface area contributed by atoms with Crippen molar-refractivity contribution in [3.8, 4) is 5.75 Å². The van der Waals surface area contributed by atoms with Crippen LogP contribution in [0, 0.1) is 0 Å². The highest BCUT2D eigenvalue weighted by Crippen LogP contribution is 2.16. The van der Waals surface area contributed by atoms with E-state index in [4.69, 9.17) is 9.84 Å². The van der Waals surface area contributed by atoms with Crippen molar-refractivity contribution in [2.24, 2.45) is 0 Å². The van der Waals surface area contributed by atoms with Crippen LogP contribution in [0.4, 0.5) is 0 Å². The summed E-state index contributed by atoms with van der Waals surface area (Å²) in [7, 11) is 0. The second-order valence-corrected chi connectivity index (χ2v) is 3.31. The fourth-order valence-electron chi connectivity index (χ4n) is 1.23. The maximum Gasteiger partial charge on any atom is 0.311 e. The number of aliphatic hydroxyl groups is 1. The fourth-order valence-corrected chi connectivity index (χ4v) is 1.23. The van der Waals surface area contributed by atoms with Gasteiger partial charge < -0.3 is 9.84 Å². The summed E-state index contributed by atoms with van der Waals surface area (Å²) in [5.74, 6) is -0.103. The van der Waals surface area contributed by atoms with Crippen molar-refractivity contribution in [2.75, 3.05) is 6.61 Å². The molecule has 0 aliphatic rings. The molecule has 0 aliphatic carbocycles. The lowest BCUT2D eigenvalue weighted by Gasteiger charge is -2.05. The maximum absolute atomic E-state index is 11.3. The molecule has 1 aromatic rings. The number of carbonyl (C=O) groups excluding carboxylic acids is 2. The molecule has 1 aromatic carbocycles. The molecule has 0 saturated heterocycles. The van der Waals surface area contributed by atoms with Crippen LogP contribution in [-0.2, 0) is 4.79 Å². The molecule has 4 nitrogen and oxygen atoms in total. The topological polar surface area (TPSA) is 63.6 Å². The first-order chi connectivity index (χ1) is 7.77. The van der Waals surface area contributed by atoms with Crippen LogP contribution in [0.2, 0.25) is 0 Å². The minimum Gasteiger partial charge on any atom is -0.426 e. The van der Waals surface area contributed by atoms with E-state index in [1.54, 1.807) is 24.3 Å². The Morgan fingerprint density at radius 1 is 1.31 bits per heavy atom. The Bertz CT molecular complexity index is 360. The van der Waals surface area contributed by atoms with Gasteiger partial charge in [0.05, 0.1) is 5.56 Å². The van der Waals surface area contributed by atoms with Crippen molar-refractivity contribution in [3.63, 3.8) is 0 Å². The molecule has 1 N–H and O–H groups in total. The van der Waals surface area contributed by atoms with E-state index in [-0.39, 0.29) is 24.7 Å². The van der Waals surface area contributed by atoms with Crippen molar-refractivity contribution < 1.29 is 19.4 Å². The van der Waals surface area contributed by atoms with E-state index in [1.165, 1.54) is 0 Å². The fraction of sp³-hybridized carbons (Fsp3) is 0.333. The van der Waals surface area contributed by atoms with E-state index in [2.05, 4.69) is 0 Å². The van der Waals surface area contributed by atoms with E-state index in [9.17, 15) is 9.59 Å². The van der Waals surface area contributed by atoms with Crippen molar-refractivity contribution >= 4 is 12.3 Å². The van der Waals surface area contributed by atoms with Crippen molar-refractivity contribution in [2.45, 2.75) is 19.3 Å². The molecule has 0 spiro atoms. The Morgan fingerprint density at radius 3 is 2.75 bits per heavy atom. The second-order valence-electron chi connectivity index (χ2n) is 3.31. The number of aldehydes is 1. The minimum atomic E-state index is -0.386. The van der Waals surface area contributed by atoms with Gasteiger partial charge in [-0.2, -0.15) is 0 Å². The molecule has 0 amide bonds. The first-order valence-corrected chi connectivity index (χ1v) is 5.13. The number of hydrogen-bond acceptors (Lipinski definition) is 4. The summed E-state index contributed by atoms with van der Waals surface area (Å²) in [4.78, 5) is 22.0. The number of hydrogen-bond donors (Lipinski definition) is 1. The van der Waals surface area contributed by atoms with Gasteiger partial charge in [-0.1, -0.05) is 12.1 Å². The maximum atomic E-state index is 11.3. The van der Waals surface area contributed by atoms with Crippen molar-refractivity contribution in [1.29, 1.82) is 0 Å². The molecular weight excluding hydrogens is 208 g/mol. The molecule has 4 heteroatoms. The summed E-state index contributed by atoms with van der Waals surface area (Å²) in [6, 6.07) is 6.56. The largest absolute Gasteiger partial charge is 0.426 e. The first-order valence-electron chi connectivity index (χ1n) is 5.13. The van der Waals surface area contributed by atoms with Crippen LogP contribution in [0.15, 0.2) is 24.3 Å². The molecule has 0 aliphatic heterocycles.